The van der Waals surface area contributed by atoms with Crippen LogP contribution in [-0.2, 0) is 0 Å². The molecular formula is C21H26N2O4. The Kier molecular flexibility index (Phi) is 7.67. The average Bonchev–Trinajstić information content (AvgIpc) is 2.72. The van der Waals surface area contributed by atoms with Crippen molar-refractivity contribution in [3.05, 3.63) is 53.6 Å². The van der Waals surface area contributed by atoms with E-state index in [1.54, 1.807) is 12.1 Å². The summed E-state index contributed by atoms with van der Waals surface area (Å²) in [6.45, 7) is 2.12. The summed E-state index contributed by atoms with van der Waals surface area (Å²) in [6.07, 6.45) is 2.83. The van der Waals surface area contributed by atoms with Crippen molar-refractivity contribution in [2.45, 2.75) is 26.2 Å². The molecule has 0 heterocycles. The van der Waals surface area contributed by atoms with Gasteiger partial charge in [-0.2, -0.15) is 5.10 Å². The maximum absolute atomic E-state index is 12.6. The normalized spacial score (nSPS) is 11.0. The molecule has 144 valence electrons. The van der Waals surface area contributed by atoms with E-state index in [0.717, 1.165) is 30.5 Å². The highest BCUT2D eigenvalue weighted by Crippen LogP contribution is 2.38. The number of hydrazone groups is 1. The van der Waals surface area contributed by atoms with Gasteiger partial charge in [-0.15, -0.1) is 0 Å². The van der Waals surface area contributed by atoms with Crippen LogP contribution in [0.2, 0.25) is 0 Å². The molecule has 2 aromatic rings. The van der Waals surface area contributed by atoms with Crippen molar-refractivity contribution >= 4 is 11.6 Å². The first kappa shape index (κ1) is 20.3. The van der Waals surface area contributed by atoms with Gasteiger partial charge in [0.25, 0.3) is 5.91 Å². The van der Waals surface area contributed by atoms with Gasteiger partial charge in [0.05, 0.1) is 27.0 Å². The van der Waals surface area contributed by atoms with Crippen LogP contribution in [0.5, 0.6) is 17.2 Å². The number of benzene rings is 2. The van der Waals surface area contributed by atoms with Crippen molar-refractivity contribution in [2.24, 2.45) is 5.10 Å². The van der Waals surface area contributed by atoms with E-state index in [4.69, 9.17) is 14.2 Å². The summed E-state index contributed by atoms with van der Waals surface area (Å²) >= 11 is 0. The van der Waals surface area contributed by atoms with E-state index in [1.807, 2.05) is 30.3 Å². The van der Waals surface area contributed by atoms with Crippen molar-refractivity contribution in [1.29, 1.82) is 0 Å². The first-order valence-corrected chi connectivity index (χ1v) is 8.86. The summed E-state index contributed by atoms with van der Waals surface area (Å²) < 4.78 is 15.9. The van der Waals surface area contributed by atoms with Crippen molar-refractivity contribution in [3.8, 4) is 17.2 Å². The lowest BCUT2D eigenvalue weighted by molar-refractivity contribution is 0.0954. The van der Waals surface area contributed by atoms with Gasteiger partial charge in [-0.25, -0.2) is 5.43 Å². The molecule has 0 aliphatic rings. The van der Waals surface area contributed by atoms with E-state index in [-0.39, 0.29) is 5.91 Å². The molecule has 1 amide bonds. The quantitative estimate of drug-likeness (QED) is 0.534. The summed E-state index contributed by atoms with van der Waals surface area (Å²) in [5, 5.41) is 4.37. The smallest absolute Gasteiger partial charge is 0.271 e. The standard InChI is InChI=1S/C21H26N2O4/c1-5-6-12-17(15-10-8-7-9-11-15)22-23-21(24)16-13-18(25-2)20(27-4)19(14-16)26-3/h7-11,13-14H,5-6,12H2,1-4H3,(H,23,24)/b22-17+. The maximum atomic E-state index is 12.6. The second-order valence-electron chi connectivity index (χ2n) is 5.88. The molecule has 2 rings (SSSR count). The summed E-state index contributed by atoms with van der Waals surface area (Å²) in [5.41, 5.74) is 4.86. The molecule has 0 aliphatic heterocycles. The molecular weight excluding hydrogens is 344 g/mol. The molecule has 0 aliphatic carbocycles. The van der Waals surface area contributed by atoms with Gasteiger partial charge in [0.1, 0.15) is 0 Å². The Balaban J connectivity index is 2.27. The fraction of sp³-hybridized carbons (Fsp3) is 0.333. The number of rotatable bonds is 9. The zero-order valence-corrected chi connectivity index (χ0v) is 16.2. The molecule has 0 fully saturated rings. The Morgan fingerprint density at radius 1 is 0.963 bits per heavy atom. The molecule has 0 saturated heterocycles. The van der Waals surface area contributed by atoms with E-state index in [1.165, 1.54) is 21.3 Å². The fourth-order valence-corrected chi connectivity index (χ4v) is 2.63. The van der Waals surface area contributed by atoms with Crippen LogP contribution < -0.4 is 19.6 Å². The SMILES string of the molecule is CCCC/C(=N\NC(=O)c1cc(OC)c(OC)c(OC)c1)c1ccccc1. The van der Waals surface area contributed by atoms with E-state index >= 15 is 0 Å². The largest absolute Gasteiger partial charge is 0.493 e. The number of hydrogen-bond acceptors (Lipinski definition) is 5. The average molecular weight is 370 g/mol. The molecule has 27 heavy (non-hydrogen) atoms. The molecule has 0 saturated carbocycles. The summed E-state index contributed by atoms with van der Waals surface area (Å²) in [7, 11) is 4.54. The van der Waals surface area contributed by atoms with E-state index < -0.39 is 0 Å². The van der Waals surface area contributed by atoms with Crippen molar-refractivity contribution in [1.82, 2.24) is 5.43 Å². The Morgan fingerprint density at radius 2 is 1.59 bits per heavy atom. The van der Waals surface area contributed by atoms with Crippen LogP contribution in [-0.4, -0.2) is 32.9 Å². The summed E-state index contributed by atoms with van der Waals surface area (Å²) in [5.74, 6) is 0.924. The molecule has 0 aromatic heterocycles. The molecule has 0 spiro atoms. The van der Waals surface area contributed by atoms with E-state index in [0.29, 0.717) is 22.8 Å². The number of nitrogens with zero attached hydrogens (tertiary/aromatic N) is 1. The second kappa shape index (κ2) is 10.2. The molecule has 6 heteroatoms. The lowest BCUT2D eigenvalue weighted by Crippen LogP contribution is -2.20. The van der Waals surface area contributed by atoms with Crippen LogP contribution in [0.1, 0.15) is 42.1 Å². The third kappa shape index (κ3) is 5.23. The van der Waals surface area contributed by atoms with E-state index in [2.05, 4.69) is 17.5 Å². The van der Waals surface area contributed by atoms with Gasteiger partial charge in [0.15, 0.2) is 11.5 Å². The van der Waals surface area contributed by atoms with Crippen LogP contribution in [0.3, 0.4) is 0 Å². The van der Waals surface area contributed by atoms with Gasteiger partial charge in [-0.3, -0.25) is 4.79 Å². The number of unbranched alkanes of at least 4 members (excludes halogenated alkanes) is 1. The molecule has 6 nitrogen and oxygen atoms in total. The first-order chi connectivity index (χ1) is 13.1. The van der Waals surface area contributed by atoms with Crippen LogP contribution in [0, 0.1) is 0 Å². The lowest BCUT2D eigenvalue weighted by Gasteiger charge is -2.13. The Labute approximate surface area is 160 Å². The third-order valence-corrected chi connectivity index (χ3v) is 4.09. The molecule has 0 atom stereocenters. The number of nitrogens with one attached hydrogen (secondary N) is 1. The Morgan fingerprint density at radius 3 is 2.11 bits per heavy atom. The number of methoxy groups -OCH3 is 3. The van der Waals surface area contributed by atoms with Gasteiger partial charge in [-0.1, -0.05) is 43.7 Å². The highest BCUT2D eigenvalue weighted by atomic mass is 16.5. The van der Waals surface area contributed by atoms with Crippen LogP contribution in [0.25, 0.3) is 0 Å². The van der Waals surface area contributed by atoms with Crippen molar-refractivity contribution in [2.75, 3.05) is 21.3 Å². The topological polar surface area (TPSA) is 69.2 Å². The van der Waals surface area contributed by atoms with Gasteiger partial charge in [-0.05, 0) is 30.5 Å². The van der Waals surface area contributed by atoms with Gasteiger partial charge >= 0.3 is 0 Å². The Bertz CT molecular complexity index is 763. The molecule has 0 unspecified atom stereocenters. The zero-order valence-electron chi connectivity index (χ0n) is 16.2. The highest BCUT2D eigenvalue weighted by molar-refractivity contribution is 6.02. The number of carbonyl (C=O) groups excluding carboxylic acids is 1. The number of carbonyl (C=O) groups is 1. The lowest BCUT2D eigenvalue weighted by atomic mass is 10.1. The molecule has 2 aromatic carbocycles. The maximum Gasteiger partial charge on any atom is 0.271 e. The minimum atomic E-state index is -0.348. The summed E-state index contributed by atoms with van der Waals surface area (Å²) in [6, 6.07) is 13.0. The number of ether oxygens (including phenoxy) is 3. The van der Waals surface area contributed by atoms with Crippen LogP contribution in [0.4, 0.5) is 0 Å². The zero-order chi connectivity index (χ0) is 19.6. The second-order valence-corrected chi connectivity index (χ2v) is 5.88. The van der Waals surface area contributed by atoms with Gasteiger partial charge in [0.2, 0.25) is 5.75 Å². The minimum absolute atomic E-state index is 0.348. The fourth-order valence-electron chi connectivity index (χ4n) is 2.63. The van der Waals surface area contributed by atoms with Gasteiger partial charge < -0.3 is 14.2 Å². The monoisotopic (exact) mass is 370 g/mol. The molecule has 0 bridgehead atoms. The number of amides is 1. The third-order valence-electron chi connectivity index (χ3n) is 4.09. The van der Waals surface area contributed by atoms with E-state index in [9.17, 15) is 4.79 Å². The highest BCUT2D eigenvalue weighted by Gasteiger charge is 2.17. The predicted octanol–water partition coefficient (Wildman–Crippen LogP) is 4.04. The van der Waals surface area contributed by atoms with Crippen LogP contribution >= 0.6 is 0 Å². The minimum Gasteiger partial charge on any atom is -0.493 e. The number of hydrogen-bond donors (Lipinski definition) is 1. The molecule has 1 N–H and O–H groups in total. The van der Waals surface area contributed by atoms with Crippen molar-refractivity contribution < 1.29 is 19.0 Å². The Hall–Kier alpha value is -3.02. The van der Waals surface area contributed by atoms with Crippen molar-refractivity contribution in [3.63, 3.8) is 0 Å². The predicted molar refractivity (Wildman–Crippen MR) is 106 cm³/mol. The molecule has 0 radical (unpaired) electrons. The van der Waals surface area contributed by atoms with Crippen LogP contribution in [0.15, 0.2) is 47.6 Å². The van der Waals surface area contributed by atoms with Gasteiger partial charge in [0, 0.05) is 5.56 Å². The first-order valence-electron chi connectivity index (χ1n) is 8.86. The summed E-state index contributed by atoms with van der Waals surface area (Å²) in [4.78, 5) is 12.6.